The molecule has 0 N–H and O–H groups in total. The molecule has 1 atom stereocenters. The standard InChI is InChI=1S/C13H11NO3S/c1-14-12(15)11(18-13(14)16)9-4-5-10-8(7-9)3-2-6-17-10/h2-5,7,11H,6H2,1H3. The monoisotopic (exact) mass is 261 g/mol. The Balaban J connectivity index is 1.97. The average molecular weight is 261 g/mol. The van der Waals surface area contributed by atoms with Crippen LogP contribution in [0.4, 0.5) is 4.79 Å². The molecule has 1 fully saturated rings. The molecule has 1 unspecified atom stereocenters. The number of hydrogen-bond acceptors (Lipinski definition) is 4. The highest BCUT2D eigenvalue weighted by molar-refractivity contribution is 8.14. The lowest BCUT2D eigenvalue weighted by atomic mass is 10.0. The maximum Gasteiger partial charge on any atom is 0.289 e. The van der Waals surface area contributed by atoms with Crippen molar-refractivity contribution < 1.29 is 14.3 Å². The van der Waals surface area contributed by atoms with Crippen molar-refractivity contribution in [1.29, 1.82) is 0 Å². The molecule has 3 rings (SSSR count). The van der Waals surface area contributed by atoms with Gasteiger partial charge in [-0.3, -0.25) is 14.5 Å². The third-order valence-electron chi connectivity index (χ3n) is 3.02. The molecule has 0 saturated carbocycles. The largest absolute Gasteiger partial charge is 0.489 e. The Morgan fingerprint density at radius 2 is 2.22 bits per heavy atom. The molecule has 2 amide bonds. The van der Waals surface area contributed by atoms with Crippen molar-refractivity contribution >= 4 is 29.0 Å². The molecule has 0 radical (unpaired) electrons. The number of likely N-dealkylation sites (N-methyl/N-ethyl adjacent to an activating group) is 1. The van der Waals surface area contributed by atoms with E-state index < -0.39 is 5.25 Å². The second-order valence-corrected chi connectivity index (χ2v) is 5.23. The number of imide groups is 1. The maximum absolute atomic E-state index is 11.9. The normalized spacial score (nSPS) is 22.1. The van der Waals surface area contributed by atoms with Crippen molar-refractivity contribution in [3.63, 3.8) is 0 Å². The van der Waals surface area contributed by atoms with Crippen LogP contribution in [-0.2, 0) is 4.79 Å². The number of nitrogens with zero attached hydrogens (tertiary/aromatic N) is 1. The first kappa shape index (κ1) is 11.3. The Morgan fingerprint density at radius 3 is 2.94 bits per heavy atom. The highest BCUT2D eigenvalue weighted by Gasteiger charge is 2.38. The predicted octanol–water partition coefficient (Wildman–Crippen LogP) is 2.46. The Hall–Kier alpha value is -1.75. The predicted molar refractivity (Wildman–Crippen MR) is 69.5 cm³/mol. The molecule has 2 heterocycles. The fourth-order valence-electron chi connectivity index (χ4n) is 2.01. The number of hydrogen-bond donors (Lipinski definition) is 0. The van der Waals surface area contributed by atoms with Gasteiger partial charge in [0.25, 0.3) is 5.24 Å². The molecule has 92 valence electrons. The summed E-state index contributed by atoms with van der Waals surface area (Å²) in [5.41, 5.74) is 1.80. The SMILES string of the molecule is CN1C(=O)SC(c2ccc3c(c2)C=CCO3)C1=O. The molecule has 0 aromatic heterocycles. The minimum absolute atomic E-state index is 0.161. The molecule has 0 spiro atoms. The van der Waals surface area contributed by atoms with Gasteiger partial charge in [0.1, 0.15) is 17.6 Å². The minimum Gasteiger partial charge on any atom is -0.489 e. The first-order chi connectivity index (χ1) is 8.66. The Labute approximate surface area is 109 Å². The smallest absolute Gasteiger partial charge is 0.289 e. The molecular formula is C13H11NO3S. The summed E-state index contributed by atoms with van der Waals surface area (Å²) < 4.78 is 5.45. The third-order valence-corrected chi connectivity index (χ3v) is 4.20. The second-order valence-electron chi connectivity index (χ2n) is 4.17. The van der Waals surface area contributed by atoms with Crippen LogP contribution < -0.4 is 4.74 Å². The fourth-order valence-corrected chi connectivity index (χ4v) is 3.00. The van der Waals surface area contributed by atoms with Crippen LogP contribution in [0.5, 0.6) is 5.75 Å². The van der Waals surface area contributed by atoms with Gasteiger partial charge in [0.2, 0.25) is 5.91 Å². The number of fused-ring (bicyclic) bond motifs is 1. The molecule has 0 bridgehead atoms. The maximum atomic E-state index is 11.9. The van der Waals surface area contributed by atoms with Crippen LogP contribution in [0.2, 0.25) is 0 Å². The van der Waals surface area contributed by atoms with Crippen molar-refractivity contribution in [2.45, 2.75) is 5.25 Å². The fraction of sp³-hybridized carbons (Fsp3) is 0.231. The van der Waals surface area contributed by atoms with Gasteiger partial charge in [-0.1, -0.05) is 12.1 Å². The molecule has 2 aliphatic heterocycles. The molecule has 0 aliphatic carbocycles. The summed E-state index contributed by atoms with van der Waals surface area (Å²) in [6.45, 7) is 0.574. The van der Waals surface area contributed by atoms with E-state index in [1.54, 1.807) is 0 Å². The highest BCUT2D eigenvalue weighted by atomic mass is 32.2. The van der Waals surface area contributed by atoms with Gasteiger partial charge in [-0.15, -0.1) is 0 Å². The quantitative estimate of drug-likeness (QED) is 0.779. The number of carbonyl (C=O) groups excluding carboxylic acids is 2. The van der Waals surface area contributed by atoms with E-state index in [-0.39, 0.29) is 11.1 Å². The molecule has 1 saturated heterocycles. The molecule has 4 nitrogen and oxygen atoms in total. The Kier molecular flexibility index (Phi) is 2.63. The Morgan fingerprint density at radius 1 is 1.39 bits per heavy atom. The second kappa shape index (κ2) is 4.17. The van der Waals surface area contributed by atoms with Gasteiger partial charge in [0.15, 0.2) is 0 Å². The van der Waals surface area contributed by atoms with Crippen LogP contribution >= 0.6 is 11.8 Å². The van der Waals surface area contributed by atoms with Crippen molar-refractivity contribution in [3.8, 4) is 5.75 Å². The molecule has 5 heteroatoms. The van der Waals surface area contributed by atoms with Crippen LogP contribution in [0.3, 0.4) is 0 Å². The zero-order chi connectivity index (χ0) is 12.7. The topological polar surface area (TPSA) is 46.6 Å². The van der Waals surface area contributed by atoms with Gasteiger partial charge in [-0.2, -0.15) is 0 Å². The zero-order valence-corrected chi connectivity index (χ0v) is 10.6. The van der Waals surface area contributed by atoms with Crippen LogP contribution in [0.25, 0.3) is 6.08 Å². The molecular weight excluding hydrogens is 250 g/mol. The van der Waals surface area contributed by atoms with Crippen molar-refractivity contribution in [2.24, 2.45) is 0 Å². The first-order valence-corrected chi connectivity index (χ1v) is 6.46. The molecule has 1 aromatic rings. The van der Waals surface area contributed by atoms with E-state index in [1.807, 2.05) is 30.4 Å². The van der Waals surface area contributed by atoms with E-state index in [2.05, 4.69) is 0 Å². The van der Waals surface area contributed by atoms with Crippen LogP contribution in [0.15, 0.2) is 24.3 Å². The van der Waals surface area contributed by atoms with Gasteiger partial charge in [-0.05, 0) is 35.5 Å². The van der Waals surface area contributed by atoms with Crippen molar-refractivity contribution in [2.75, 3.05) is 13.7 Å². The van der Waals surface area contributed by atoms with Gasteiger partial charge >= 0.3 is 0 Å². The van der Waals surface area contributed by atoms with E-state index in [1.165, 1.54) is 11.9 Å². The molecule has 18 heavy (non-hydrogen) atoms. The summed E-state index contributed by atoms with van der Waals surface area (Å²) in [5, 5.41) is -0.627. The van der Waals surface area contributed by atoms with Gasteiger partial charge in [-0.25, -0.2) is 0 Å². The lowest BCUT2D eigenvalue weighted by Crippen LogP contribution is -2.24. The summed E-state index contributed by atoms with van der Waals surface area (Å²) in [4.78, 5) is 24.6. The number of ether oxygens (including phenoxy) is 1. The number of thioether (sulfide) groups is 1. The lowest BCUT2D eigenvalue weighted by molar-refractivity contribution is -0.125. The van der Waals surface area contributed by atoms with Crippen molar-refractivity contribution in [3.05, 3.63) is 35.4 Å². The van der Waals surface area contributed by atoms with Gasteiger partial charge in [0, 0.05) is 12.6 Å². The minimum atomic E-state index is -0.428. The highest BCUT2D eigenvalue weighted by Crippen LogP contribution is 2.40. The number of benzene rings is 1. The summed E-state index contributed by atoms with van der Waals surface area (Å²) >= 11 is 1.06. The summed E-state index contributed by atoms with van der Waals surface area (Å²) in [7, 11) is 1.51. The summed E-state index contributed by atoms with van der Waals surface area (Å²) in [5.74, 6) is 0.655. The van der Waals surface area contributed by atoms with Crippen molar-refractivity contribution in [1.82, 2.24) is 4.90 Å². The zero-order valence-electron chi connectivity index (χ0n) is 9.75. The summed E-state index contributed by atoms with van der Waals surface area (Å²) in [6.07, 6.45) is 3.89. The average Bonchev–Trinajstić information content (AvgIpc) is 2.66. The number of carbonyl (C=O) groups is 2. The number of amides is 2. The van der Waals surface area contributed by atoms with Gasteiger partial charge in [0.05, 0.1) is 0 Å². The van der Waals surface area contributed by atoms with Gasteiger partial charge < -0.3 is 4.74 Å². The van der Waals surface area contributed by atoms with E-state index in [0.29, 0.717) is 6.61 Å². The van der Waals surface area contributed by atoms with Crippen LogP contribution in [0, 0.1) is 0 Å². The lowest BCUT2D eigenvalue weighted by Gasteiger charge is -2.15. The van der Waals surface area contributed by atoms with Crippen LogP contribution in [0.1, 0.15) is 16.4 Å². The third kappa shape index (κ3) is 1.71. The Bertz CT molecular complexity index is 567. The first-order valence-electron chi connectivity index (χ1n) is 5.58. The molecule has 2 aliphatic rings. The number of rotatable bonds is 1. The van der Waals surface area contributed by atoms with E-state index in [4.69, 9.17) is 4.74 Å². The summed E-state index contributed by atoms with van der Waals surface area (Å²) in [6, 6.07) is 5.61. The van der Waals surface area contributed by atoms with Crippen LogP contribution in [-0.4, -0.2) is 29.7 Å². The van der Waals surface area contributed by atoms with E-state index in [0.717, 1.165) is 28.6 Å². The van der Waals surface area contributed by atoms with E-state index >= 15 is 0 Å². The molecule has 1 aromatic carbocycles. The van der Waals surface area contributed by atoms with E-state index in [9.17, 15) is 9.59 Å².